The standard InChI is InChI=1S/C25H40O2/c1-17(26)6-5-7-18-9-11-21-20-10-8-19-16-23(2,27)14-15-25(19,4)22(20)12-13-24(18,21)3/h8,18,20-22,27H,5-7,9-16H2,1-4H3. The van der Waals surface area contributed by atoms with Gasteiger partial charge in [-0.25, -0.2) is 0 Å². The molecule has 4 aliphatic rings. The van der Waals surface area contributed by atoms with Crippen LogP contribution in [0, 0.1) is 34.5 Å². The van der Waals surface area contributed by atoms with Crippen molar-refractivity contribution in [2.45, 2.75) is 104 Å². The third kappa shape index (κ3) is 3.24. The molecule has 0 radical (unpaired) electrons. The van der Waals surface area contributed by atoms with Crippen LogP contribution in [-0.4, -0.2) is 16.5 Å². The molecule has 1 N–H and O–H groups in total. The summed E-state index contributed by atoms with van der Waals surface area (Å²) in [5, 5.41) is 10.6. The fraction of sp³-hybridized carbons (Fsp3) is 0.880. The topological polar surface area (TPSA) is 37.3 Å². The van der Waals surface area contributed by atoms with Gasteiger partial charge in [-0.1, -0.05) is 25.5 Å². The van der Waals surface area contributed by atoms with Crippen LogP contribution in [0.3, 0.4) is 0 Å². The fourth-order valence-electron chi connectivity index (χ4n) is 7.98. The summed E-state index contributed by atoms with van der Waals surface area (Å²) in [6.07, 6.45) is 15.4. The van der Waals surface area contributed by atoms with Crippen molar-refractivity contribution in [1.29, 1.82) is 0 Å². The van der Waals surface area contributed by atoms with Crippen LogP contribution >= 0.6 is 0 Å². The Morgan fingerprint density at radius 2 is 1.89 bits per heavy atom. The van der Waals surface area contributed by atoms with Crippen molar-refractivity contribution in [1.82, 2.24) is 0 Å². The van der Waals surface area contributed by atoms with E-state index in [-0.39, 0.29) is 0 Å². The molecule has 2 heteroatoms. The van der Waals surface area contributed by atoms with Crippen LogP contribution in [0.4, 0.5) is 0 Å². The molecule has 4 rings (SSSR count). The summed E-state index contributed by atoms with van der Waals surface area (Å²) in [6.45, 7) is 8.87. The number of fused-ring (bicyclic) bond motifs is 5. The van der Waals surface area contributed by atoms with E-state index in [9.17, 15) is 9.90 Å². The number of carbonyl (C=O) groups excluding carboxylic acids is 1. The van der Waals surface area contributed by atoms with Gasteiger partial charge >= 0.3 is 0 Å². The van der Waals surface area contributed by atoms with Gasteiger partial charge in [-0.2, -0.15) is 0 Å². The summed E-state index contributed by atoms with van der Waals surface area (Å²) >= 11 is 0. The van der Waals surface area contributed by atoms with Crippen LogP contribution in [0.1, 0.15) is 98.3 Å². The van der Waals surface area contributed by atoms with E-state index in [1.165, 1.54) is 44.9 Å². The molecule has 0 bridgehead atoms. The molecule has 3 fully saturated rings. The smallest absolute Gasteiger partial charge is 0.129 e. The van der Waals surface area contributed by atoms with Gasteiger partial charge in [0.1, 0.15) is 5.78 Å². The lowest BCUT2D eigenvalue weighted by Crippen LogP contribution is -2.51. The Bertz CT molecular complexity index is 632. The van der Waals surface area contributed by atoms with Crippen molar-refractivity contribution < 1.29 is 9.90 Å². The Hall–Kier alpha value is -0.630. The molecule has 4 aliphatic carbocycles. The van der Waals surface area contributed by atoms with E-state index >= 15 is 0 Å². The molecule has 0 aliphatic heterocycles. The van der Waals surface area contributed by atoms with Crippen molar-refractivity contribution in [2.24, 2.45) is 34.5 Å². The fourth-order valence-corrected chi connectivity index (χ4v) is 7.98. The molecular formula is C25H40O2. The van der Waals surface area contributed by atoms with Gasteiger partial charge in [0.15, 0.2) is 0 Å². The predicted octanol–water partition coefficient (Wildman–Crippen LogP) is 6.08. The highest BCUT2D eigenvalue weighted by molar-refractivity contribution is 5.75. The Labute approximate surface area is 166 Å². The van der Waals surface area contributed by atoms with E-state index in [0.717, 1.165) is 49.4 Å². The molecule has 0 saturated heterocycles. The Kier molecular flexibility index (Phi) is 4.89. The predicted molar refractivity (Wildman–Crippen MR) is 110 cm³/mol. The van der Waals surface area contributed by atoms with E-state index in [2.05, 4.69) is 19.9 Å². The summed E-state index contributed by atoms with van der Waals surface area (Å²) in [4.78, 5) is 11.4. The molecule has 7 atom stereocenters. The van der Waals surface area contributed by atoms with Gasteiger partial charge < -0.3 is 9.90 Å². The lowest BCUT2D eigenvalue weighted by Gasteiger charge is -2.59. The van der Waals surface area contributed by atoms with E-state index in [1.54, 1.807) is 12.5 Å². The van der Waals surface area contributed by atoms with Gasteiger partial charge in [-0.15, -0.1) is 0 Å². The zero-order valence-corrected chi connectivity index (χ0v) is 18.0. The lowest BCUT2D eigenvalue weighted by atomic mass is 9.46. The normalized spacial score (nSPS) is 49.0. The molecule has 0 aromatic carbocycles. The van der Waals surface area contributed by atoms with Crippen LogP contribution in [0.15, 0.2) is 11.6 Å². The van der Waals surface area contributed by atoms with Crippen LogP contribution in [0.2, 0.25) is 0 Å². The Balaban J connectivity index is 1.52. The van der Waals surface area contributed by atoms with E-state index in [1.807, 2.05) is 6.92 Å². The second-order valence-electron chi connectivity index (χ2n) is 11.3. The van der Waals surface area contributed by atoms with Crippen molar-refractivity contribution in [3.05, 3.63) is 11.6 Å². The van der Waals surface area contributed by atoms with Crippen LogP contribution in [0.5, 0.6) is 0 Å². The summed E-state index contributed by atoms with van der Waals surface area (Å²) in [5.41, 5.74) is 1.91. The van der Waals surface area contributed by atoms with Gasteiger partial charge in [-0.3, -0.25) is 0 Å². The van der Waals surface area contributed by atoms with Crippen LogP contribution in [-0.2, 0) is 4.79 Å². The van der Waals surface area contributed by atoms with E-state index in [0.29, 0.717) is 16.6 Å². The first kappa shape index (κ1) is 19.7. The minimum Gasteiger partial charge on any atom is -0.390 e. The van der Waals surface area contributed by atoms with Crippen molar-refractivity contribution in [3.8, 4) is 0 Å². The number of hydrogen-bond donors (Lipinski definition) is 1. The van der Waals surface area contributed by atoms with Crippen molar-refractivity contribution in [3.63, 3.8) is 0 Å². The molecule has 3 saturated carbocycles. The van der Waals surface area contributed by atoms with Crippen LogP contribution in [0.25, 0.3) is 0 Å². The Morgan fingerprint density at radius 1 is 1.11 bits per heavy atom. The number of carbonyl (C=O) groups is 1. The van der Waals surface area contributed by atoms with Gasteiger partial charge in [0, 0.05) is 6.42 Å². The molecule has 27 heavy (non-hydrogen) atoms. The molecule has 0 spiro atoms. The average molecular weight is 373 g/mol. The Morgan fingerprint density at radius 3 is 2.63 bits per heavy atom. The SMILES string of the molecule is CC(=O)CCCC1CCC2C3CC=C4CC(C)(O)CCC4(C)C3CCC12C. The van der Waals surface area contributed by atoms with E-state index < -0.39 is 5.60 Å². The van der Waals surface area contributed by atoms with Gasteiger partial charge in [0.05, 0.1) is 5.60 Å². The first-order valence-corrected chi connectivity index (χ1v) is 11.6. The average Bonchev–Trinajstić information content (AvgIpc) is 2.92. The third-order valence-electron chi connectivity index (χ3n) is 9.66. The molecule has 152 valence electrons. The molecule has 7 unspecified atom stereocenters. The highest BCUT2D eigenvalue weighted by Gasteiger charge is 2.58. The largest absolute Gasteiger partial charge is 0.390 e. The number of aliphatic hydroxyl groups is 1. The maximum Gasteiger partial charge on any atom is 0.129 e. The number of ketones is 1. The second-order valence-corrected chi connectivity index (χ2v) is 11.3. The first-order valence-electron chi connectivity index (χ1n) is 11.6. The molecule has 0 amide bonds. The first-order chi connectivity index (χ1) is 12.7. The van der Waals surface area contributed by atoms with Gasteiger partial charge in [0.25, 0.3) is 0 Å². The molecule has 2 nitrogen and oxygen atoms in total. The quantitative estimate of drug-likeness (QED) is 0.608. The maximum absolute atomic E-state index is 11.4. The maximum atomic E-state index is 11.4. The van der Waals surface area contributed by atoms with Gasteiger partial charge in [0.2, 0.25) is 0 Å². The van der Waals surface area contributed by atoms with Crippen molar-refractivity contribution in [2.75, 3.05) is 0 Å². The number of Topliss-reactive ketones (excluding diaryl/α,β-unsaturated/α-hetero) is 1. The van der Waals surface area contributed by atoms with Gasteiger partial charge in [-0.05, 0) is 113 Å². The number of rotatable bonds is 4. The number of allylic oxidation sites excluding steroid dienone is 1. The monoisotopic (exact) mass is 372 g/mol. The zero-order chi connectivity index (χ0) is 19.4. The molecule has 0 aromatic rings. The minimum atomic E-state index is -0.490. The lowest BCUT2D eigenvalue weighted by molar-refractivity contribution is -0.117. The molecule has 0 aromatic heterocycles. The van der Waals surface area contributed by atoms with Crippen LogP contribution < -0.4 is 0 Å². The molecule has 0 heterocycles. The summed E-state index contributed by atoms with van der Waals surface area (Å²) in [5.74, 6) is 3.72. The minimum absolute atomic E-state index is 0.333. The highest BCUT2D eigenvalue weighted by Crippen LogP contribution is 2.67. The number of hydrogen-bond acceptors (Lipinski definition) is 2. The zero-order valence-electron chi connectivity index (χ0n) is 18.0. The second kappa shape index (κ2) is 6.71. The summed E-state index contributed by atoms with van der Waals surface area (Å²) in [6, 6.07) is 0. The van der Waals surface area contributed by atoms with Crippen molar-refractivity contribution >= 4 is 5.78 Å². The third-order valence-corrected chi connectivity index (χ3v) is 9.66. The summed E-state index contributed by atoms with van der Waals surface area (Å²) < 4.78 is 0. The highest BCUT2D eigenvalue weighted by atomic mass is 16.3. The summed E-state index contributed by atoms with van der Waals surface area (Å²) in [7, 11) is 0. The molecular weight excluding hydrogens is 332 g/mol. The van der Waals surface area contributed by atoms with E-state index in [4.69, 9.17) is 0 Å².